The number of aromatic nitrogens is 2. The van der Waals surface area contributed by atoms with Gasteiger partial charge in [-0.1, -0.05) is 20.8 Å². The highest BCUT2D eigenvalue weighted by molar-refractivity contribution is 5.78. The fourth-order valence-electron chi connectivity index (χ4n) is 1.43. The van der Waals surface area contributed by atoms with Crippen molar-refractivity contribution in [3.8, 4) is 0 Å². The second-order valence-corrected chi connectivity index (χ2v) is 4.60. The van der Waals surface area contributed by atoms with Crippen LogP contribution in [-0.2, 0) is 5.41 Å². The number of nitrogens with two attached hydrogens (primary N) is 1. The Kier molecular flexibility index (Phi) is 1.77. The van der Waals surface area contributed by atoms with Crippen LogP contribution in [0, 0.1) is 0 Å². The Morgan fingerprint density at radius 2 is 2.00 bits per heavy atom. The molecule has 0 saturated heterocycles. The number of fused-ring (bicyclic) bond motifs is 1. The Hall–Kier alpha value is -1.51. The summed E-state index contributed by atoms with van der Waals surface area (Å²) in [6.07, 6.45) is 0. The Labute approximate surface area is 83.3 Å². The van der Waals surface area contributed by atoms with Gasteiger partial charge in [-0.3, -0.25) is 0 Å². The van der Waals surface area contributed by atoms with Gasteiger partial charge >= 0.3 is 0 Å². The summed E-state index contributed by atoms with van der Waals surface area (Å²) in [5.74, 6) is 0.567. The van der Waals surface area contributed by atoms with E-state index in [2.05, 4.69) is 36.8 Å². The molecule has 74 valence electrons. The van der Waals surface area contributed by atoms with Crippen LogP contribution in [0.5, 0.6) is 0 Å². The molecule has 0 amide bonds. The maximum Gasteiger partial charge on any atom is 0.124 e. The molecule has 0 aromatic carbocycles. The van der Waals surface area contributed by atoms with Gasteiger partial charge in [-0.05, 0) is 18.2 Å². The summed E-state index contributed by atoms with van der Waals surface area (Å²) in [6, 6.07) is 5.84. The van der Waals surface area contributed by atoms with Gasteiger partial charge in [0.05, 0.1) is 11.0 Å². The number of H-pyrrole nitrogens is 1. The fourth-order valence-corrected chi connectivity index (χ4v) is 1.43. The Morgan fingerprint density at radius 1 is 1.29 bits per heavy atom. The molecule has 2 aromatic rings. The Morgan fingerprint density at radius 3 is 2.64 bits per heavy atom. The molecule has 2 aromatic heterocycles. The zero-order valence-corrected chi connectivity index (χ0v) is 8.76. The molecule has 0 fully saturated rings. The lowest BCUT2D eigenvalue weighted by Crippen LogP contribution is -2.10. The minimum Gasteiger partial charge on any atom is -0.384 e. The standard InChI is InChI=1S/C11H15N3/c1-11(2,3)9-6-8-7(13-9)4-5-10(12)14-8/h4-6,13H,1-3H3,(H2,12,14). The number of pyridine rings is 1. The summed E-state index contributed by atoms with van der Waals surface area (Å²) in [5, 5.41) is 0. The number of nitrogen functional groups attached to an aromatic ring is 1. The van der Waals surface area contributed by atoms with Gasteiger partial charge in [-0.15, -0.1) is 0 Å². The lowest BCUT2D eigenvalue weighted by atomic mass is 9.93. The van der Waals surface area contributed by atoms with Gasteiger partial charge in [0.25, 0.3) is 0 Å². The van der Waals surface area contributed by atoms with E-state index in [-0.39, 0.29) is 5.41 Å². The summed E-state index contributed by atoms with van der Waals surface area (Å²) in [5.41, 5.74) is 8.91. The molecule has 0 aliphatic heterocycles. The first-order valence-corrected chi connectivity index (χ1v) is 4.72. The van der Waals surface area contributed by atoms with E-state index in [1.54, 1.807) is 0 Å². The van der Waals surface area contributed by atoms with Gasteiger partial charge < -0.3 is 10.7 Å². The minimum atomic E-state index is 0.120. The molecule has 2 heterocycles. The molecule has 3 heteroatoms. The van der Waals surface area contributed by atoms with E-state index >= 15 is 0 Å². The molecule has 14 heavy (non-hydrogen) atoms. The average molecular weight is 189 g/mol. The van der Waals surface area contributed by atoms with Crippen LogP contribution in [0.3, 0.4) is 0 Å². The molecule has 0 saturated carbocycles. The summed E-state index contributed by atoms with van der Waals surface area (Å²) in [7, 11) is 0. The number of anilines is 1. The molecule has 0 unspecified atom stereocenters. The van der Waals surface area contributed by atoms with Crippen LogP contribution in [0.25, 0.3) is 11.0 Å². The number of nitrogens with one attached hydrogen (secondary N) is 1. The first kappa shape index (κ1) is 9.06. The van der Waals surface area contributed by atoms with Crippen molar-refractivity contribution in [2.75, 3.05) is 5.73 Å². The SMILES string of the molecule is CC(C)(C)c1cc2nc(N)ccc2[nH]1. The second kappa shape index (κ2) is 2.74. The van der Waals surface area contributed by atoms with E-state index in [4.69, 9.17) is 5.73 Å². The zero-order chi connectivity index (χ0) is 10.3. The summed E-state index contributed by atoms with van der Waals surface area (Å²) in [6.45, 7) is 6.50. The van der Waals surface area contributed by atoms with Crippen LogP contribution in [-0.4, -0.2) is 9.97 Å². The maximum atomic E-state index is 5.62. The van der Waals surface area contributed by atoms with Gasteiger partial charge in [-0.2, -0.15) is 0 Å². The van der Waals surface area contributed by atoms with Gasteiger partial charge in [0.15, 0.2) is 0 Å². The molecule has 0 radical (unpaired) electrons. The van der Waals surface area contributed by atoms with Crippen LogP contribution in [0.2, 0.25) is 0 Å². The second-order valence-electron chi connectivity index (χ2n) is 4.60. The first-order valence-electron chi connectivity index (χ1n) is 4.72. The zero-order valence-electron chi connectivity index (χ0n) is 8.76. The van der Waals surface area contributed by atoms with Gasteiger partial charge in [-0.25, -0.2) is 4.98 Å². The number of hydrogen-bond acceptors (Lipinski definition) is 2. The molecule has 2 rings (SSSR count). The van der Waals surface area contributed by atoms with Gasteiger partial charge in [0.2, 0.25) is 0 Å². The summed E-state index contributed by atoms with van der Waals surface area (Å²) < 4.78 is 0. The van der Waals surface area contributed by atoms with Crippen LogP contribution in [0.4, 0.5) is 5.82 Å². The Balaban J connectivity index is 2.63. The summed E-state index contributed by atoms with van der Waals surface area (Å²) in [4.78, 5) is 7.60. The van der Waals surface area contributed by atoms with Crippen molar-refractivity contribution in [2.45, 2.75) is 26.2 Å². The van der Waals surface area contributed by atoms with Crippen molar-refractivity contribution in [3.05, 3.63) is 23.9 Å². The van der Waals surface area contributed by atoms with E-state index in [0.29, 0.717) is 5.82 Å². The van der Waals surface area contributed by atoms with E-state index in [1.165, 1.54) is 5.69 Å². The molecule has 0 aliphatic carbocycles. The molecule has 3 nitrogen and oxygen atoms in total. The van der Waals surface area contributed by atoms with Crippen LogP contribution >= 0.6 is 0 Å². The van der Waals surface area contributed by atoms with Gasteiger partial charge in [0, 0.05) is 11.1 Å². The van der Waals surface area contributed by atoms with Crippen molar-refractivity contribution in [1.29, 1.82) is 0 Å². The number of rotatable bonds is 0. The quantitative estimate of drug-likeness (QED) is 0.668. The van der Waals surface area contributed by atoms with Gasteiger partial charge in [0.1, 0.15) is 5.82 Å². The summed E-state index contributed by atoms with van der Waals surface area (Å²) >= 11 is 0. The van der Waals surface area contributed by atoms with Crippen LogP contribution in [0.15, 0.2) is 18.2 Å². The topological polar surface area (TPSA) is 54.7 Å². The third kappa shape index (κ3) is 1.45. The molecule has 0 aliphatic rings. The van der Waals surface area contributed by atoms with Crippen LogP contribution < -0.4 is 5.73 Å². The fraction of sp³-hybridized carbons (Fsp3) is 0.364. The van der Waals surface area contributed by atoms with E-state index < -0.39 is 0 Å². The molecule has 0 atom stereocenters. The van der Waals surface area contributed by atoms with Crippen molar-refractivity contribution in [2.24, 2.45) is 0 Å². The van der Waals surface area contributed by atoms with Crippen molar-refractivity contribution in [1.82, 2.24) is 9.97 Å². The molecule has 3 N–H and O–H groups in total. The van der Waals surface area contributed by atoms with Crippen molar-refractivity contribution < 1.29 is 0 Å². The average Bonchev–Trinajstić information content (AvgIpc) is 2.45. The van der Waals surface area contributed by atoms with Crippen molar-refractivity contribution in [3.63, 3.8) is 0 Å². The molecule has 0 spiro atoms. The van der Waals surface area contributed by atoms with E-state index in [0.717, 1.165) is 11.0 Å². The lowest BCUT2D eigenvalue weighted by molar-refractivity contribution is 0.574. The van der Waals surface area contributed by atoms with E-state index in [1.807, 2.05) is 12.1 Å². The predicted octanol–water partition coefficient (Wildman–Crippen LogP) is 2.44. The molecule has 0 bridgehead atoms. The smallest absolute Gasteiger partial charge is 0.124 e. The monoisotopic (exact) mass is 189 g/mol. The highest BCUT2D eigenvalue weighted by Crippen LogP contribution is 2.25. The predicted molar refractivity (Wildman–Crippen MR) is 59.2 cm³/mol. The number of nitrogens with zero attached hydrogens (tertiary/aromatic N) is 1. The third-order valence-corrected chi connectivity index (χ3v) is 2.30. The van der Waals surface area contributed by atoms with Crippen LogP contribution in [0.1, 0.15) is 26.5 Å². The largest absolute Gasteiger partial charge is 0.384 e. The first-order chi connectivity index (χ1) is 6.47. The molecular weight excluding hydrogens is 174 g/mol. The molecular formula is C11H15N3. The number of aromatic amines is 1. The normalized spacial score (nSPS) is 12.2. The maximum absolute atomic E-state index is 5.62. The third-order valence-electron chi connectivity index (χ3n) is 2.30. The Bertz CT molecular complexity index is 463. The van der Waals surface area contributed by atoms with Crippen molar-refractivity contribution >= 4 is 16.9 Å². The lowest BCUT2D eigenvalue weighted by Gasteiger charge is -2.15. The number of hydrogen-bond donors (Lipinski definition) is 2. The minimum absolute atomic E-state index is 0.120. The highest BCUT2D eigenvalue weighted by atomic mass is 14.9. The van der Waals surface area contributed by atoms with E-state index in [9.17, 15) is 0 Å². The highest BCUT2D eigenvalue weighted by Gasteiger charge is 2.16.